The minimum atomic E-state index is -0.120. The first kappa shape index (κ1) is 16.0. The molecule has 0 bridgehead atoms. The SMILES string of the molecule is CCN(Cc1noc(C(C)(C)C)n1)Cc1ccccc1Cl. The molecule has 0 radical (unpaired) electrons. The first-order chi connectivity index (χ1) is 9.90. The number of benzene rings is 1. The molecule has 0 aliphatic heterocycles. The van der Waals surface area contributed by atoms with Gasteiger partial charge in [-0.25, -0.2) is 0 Å². The molecule has 1 aromatic heterocycles. The standard InChI is InChI=1S/C16H22ClN3O/c1-5-20(10-12-8-6-7-9-13(12)17)11-14-18-15(21-19-14)16(2,3)4/h6-9H,5,10-11H2,1-4H3. The van der Waals surface area contributed by atoms with Gasteiger partial charge in [0.15, 0.2) is 5.82 Å². The molecule has 2 aromatic rings. The average molecular weight is 308 g/mol. The van der Waals surface area contributed by atoms with Crippen molar-refractivity contribution in [2.75, 3.05) is 6.54 Å². The van der Waals surface area contributed by atoms with E-state index in [4.69, 9.17) is 16.1 Å². The number of aromatic nitrogens is 2. The zero-order chi connectivity index (χ0) is 15.5. The van der Waals surface area contributed by atoms with Crippen LogP contribution in [0.25, 0.3) is 0 Å². The van der Waals surface area contributed by atoms with E-state index in [0.29, 0.717) is 18.3 Å². The summed E-state index contributed by atoms with van der Waals surface area (Å²) in [6.45, 7) is 10.6. The Kier molecular flexibility index (Phi) is 5.01. The van der Waals surface area contributed by atoms with Gasteiger partial charge in [-0.1, -0.05) is 62.7 Å². The molecule has 0 fully saturated rings. The normalized spacial score (nSPS) is 12.1. The molecule has 2 rings (SSSR count). The summed E-state index contributed by atoms with van der Waals surface area (Å²) in [5, 5.41) is 4.86. The smallest absolute Gasteiger partial charge is 0.232 e. The zero-order valence-electron chi connectivity index (χ0n) is 13.1. The Morgan fingerprint density at radius 3 is 2.48 bits per heavy atom. The van der Waals surface area contributed by atoms with Crippen molar-refractivity contribution in [1.29, 1.82) is 0 Å². The maximum Gasteiger partial charge on any atom is 0.232 e. The Bertz CT molecular complexity index is 589. The highest BCUT2D eigenvalue weighted by Crippen LogP contribution is 2.21. The molecule has 0 spiro atoms. The average Bonchev–Trinajstić information content (AvgIpc) is 2.89. The van der Waals surface area contributed by atoms with Crippen molar-refractivity contribution in [2.24, 2.45) is 0 Å². The van der Waals surface area contributed by atoms with Gasteiger partial charge in [0.25, 0.3) is 0 Å². The van der Waals surface area contributed by atoms with E-state index in [0.717, 1.165) is 23.7 Å². The molecule has 4 nitrogen and oxygen atoms in total. The maximum absolute atomic E-state index is 6.22. The van der Waals surface area contributed by atoms with Crippen molar-refractivity contribution in [3.8, 4) is 0 Å². The third-order valence-electron chi connectivity index (χ3n) is 3.27. The van der Waals surface area contributed by atoms with Gasteiger partial charge in [0.1, 0.15) is 0 Å². The molecular formula is C16H22ClN3O. The van der Waals surface area contributed by atoms with Gasteiger partial charge in [-0.15, -0.1) is 0 Å². The summed E-state index contributed by atoms with van der Waals surface area (Å²) in [5.74, 6) is 1.39. The van der Waals surface area contributed by atoms with Gasteiger partial charge in [0.05, 0.1) is 6.54 Å². The number of halogens is 1. The van der Waals surface area contributed by atoms with Gasteiger partial charge in [0, 0.05) is 17.0 Å². The first-order valence-electron chi connectivity index (χ1n) is 7.19. The second-order valence-corrected chi connectivity index (χ2v) is 6.57. The highest BCUT2D eigenvalue weighted by atomic mass is 35.5. The van der Waals surface area contributed by atoms with E-state index in [-0.39, 0.29) is 5.41 Å². The van der Waals surface area contributed by atoms with Gasteiger partial charge < -0.3 is 4.52 Å². The van der Waals surface area contributed by atoms with Crippen molar-refractivity contribution in [1.82, 2.24) is 15.0 Å². The molecule has 1 aromatic carbocycles. The van der Waals surface area contributed by atoms with Gasteiger partial charge in [0.2, 0.25) is 5.89 Å². The van der Waals surface area contributed by atoms with Crippen LogP contribution in [-0.4, -0.2) is 21.6 Å². The molecule has 0 unspecified atom stereocenters. The van der Waals surface area contributed by atoms with Crippen LogP contribution < -0.4 is 0 Å². The van der Waals surface area contributed by atoms with E-state index in [1.54, 1.807) is 0 Å². The third-order valence-corrected chi connectivity index (χ3v) is 3.64. The van der Waals surface area contributed by atoms with E-state index >= 15 is 0 Å². The number of hydrogen-bond donors (Lipinski definition) is 0. The van der Waals surface area contributed by atoms with E-state index < -0.39 is 0 Å². The summed E-state index contributed by atoms with van der Waals surface area (Å²) in [6, 6.07) is 7.90. The predicted octanol–water partition coefficient (Wildman–Crippen LogP) is 4.04. The Balaban J connectivity index is 2.06. The van der Waals surface area contributed by atoms with Crippen LogP contribution in [0.2, 0.25) is 5.02 Å². The number of nitrogens with zero attached hydrogens (tertiary/aromatic N) is 3. The third kappa shape index (κ3) is 4.29. The van der Waals surface area contributed by atoms with Crippen molar-refractivity contribution in [3.63, 3.8) is 0 Å². The Hall–Kier alpha value is -1.39. The molecule has 21 heavy (non-hydrogen) atoms. The lowest BCUT2D eigenvalue weighted by Gasteiger charge is -2.19. The quantitative estimate of drug-likeness (QED) is 0.836. The minimum Gasteiger partial charge on any atom is -0.339 e. The molecule has 0 aliphatic carbocycles. The maximum atomic E-state index is 6.22. The van der Waals surface area contributed by atoms with Crippen LogP contribution in [0.4, 0.5) is 0 Å². The van der Waals surface area contributed by atoms with Crippen LogP contribution >= 0.6 is 11.6 Å². The fourth-order valence-corrected chi connectivity index (χ4v) is 2.17. The predicted molar refractivity (Wildman–Crippen MR) is 84.2 cm³/mol. The summed E-state index contributed by atoms with van der Waals surface area (Å²) in [6.07, 6.45) is 0. The molecule has 0 N–H and O–H groups in total. The second kappa shape index (κ2) is 6.58. The van der Waals surface area contributed by atoms with E-state index in [2.05, 4.69) is 42.7 Å². The van der Waals surface area contributed by atoms with Crippen LogP contribution in [0.15, 0.2) is 28.8 Å². The van der Waals surface area contributed by atoms with Crippen molar-refractivity contribution in [2.45, 2.75) is 46.2 Å². The Labute approximate surface area is 131 Å². The topological polar surface area (TPSA) is 42.2 Å². The summed E-state index contributed by atoms with van der Waals surface area (Å²) in [7, 11) is 0. The largest absolute Gasteiger partial charge is 0.339 e. The lowest BCUT2D eigenvalue weighted by Crippen LogP contribution is -2.23. The summed E-state index contributed by atoms with van der Waals surface area (Å²) in [4.78, 5) is 6.72. The summed E-state index contributed by atoms with van der Waals surface area (Å²) >= 11 is 6.22. The van der Waals surface area contributed by atoms with Crippen LogP contribution in [0, 0.1) is 0 Å². The molecule has 5 heteroatoms. The highest BCUT2D eigenvalue weighted by Gasteiger charge is 2.22. The van der Waals surface area contributed by atoms with E-state index in [1.807, 2.05) is 24.3 Å². The highest BCUT2D eigenvalue weighted by molar-refractivity contribution is 6.31. The molecule has 0 saturated carbocycles. The Morgan fingerprint density at radius 1 is 1.19 bits per heavy atom. The minimum absolute atomic E-state index is 0.120. The molecule has 114 valence electrons. The lowest BCUT2D eigenvalue weighted by molar-refractivity contribution is 0.257. The van der Waals surface area contributed by atoms with Gasteiger partial charge in [-0.3, -0.25) is 4.90 Å². The van der Waals surface area contributed by atoms with Crippen molar-refractivity contribution >= 4 is 11.6 Å². The molecule has 0 atom stereocenters. The number of hydrogen-bond acceptors (Lipinski definition) is 4. The second-order valence-electron chi connectivity index (χ2n) is 6.16. The van der Waals surface area contributed by atoms with Gasteiger partial charge in [-0.2, -0.15) is 4.98 Å². The van der Waals surface area contributed by atoms with Crippen LogP contribution in [0.1, 0.15) is 45.0 Å². The first-order valence-corrected chi connectivity index (χ1v) is 7.56. The fraction of sp³-hybridized carbons (Fsp3) is 0.500. The molecule has 0 amide bonds. The Morgan fingerprint density at radius 2 is 1.90 bits per heavy atom. The van der Waals surface area contributed by atoms with Gasteiger partial charge >= 0.3 is 0 Å². The molecule has 0 aliphatic rings. The van der Waals surface area contributed by atoms with Crippen LogP contribution in [0.3, 0.4) is 0 Å². The van der Waals surface area contributed by atoms with Gasteiger partial charge in [-0.05, 0) is 18.2 Å². The van der Waals surface area contributed by atoms with Crippen molar-refractivity contribution < 1.29 is 4.52 Å². The van der Waals surface area contributed by atoms with Crippen molar-refractivity contribution in [3.05, 3.63) is 46.6 Å². The molecule has 1 heterocycles. The summed E-state index contributed by atoms with van der Waals surface area (Å²) in [5.41, 5.74) is 0.992. The van der Waals surface area contributed by atoms with Crippen LogP contribution in [-0.2, 0) is 18.5 Å². The number of rotatable bonds is 5. The summed E-state index contributed by atoms with van der Waals surface area (Å²) < 4.78 is 5.33. The molecule has 0 saturated heterocycles. The molecular weight excluding hydrogens is 286 g/mol. The lowest BCUT2D eigenvalue weighted by atomic mass is 9.97. The monoisotopic (exact) mass is 307 g/mol. The zero-order valence-corrected chi connectivity index (χ0v) is 13.8. The fourth-order valence-electron chi connectivity index (χ4n) is 1.97. The van der Waals surface area contributed by atoms with Crippen LogP contribution in [0.5, 0.6) is 0 Å². The van der Waals surface area contributed by atoms with E-state index in [9.17, 15) is 0 Å². The van der Waals surface area contributed by atoms with E-state index in [1.165, 1.54) is 0 Å².